The molecule has 0 fully saturated rings. The van der Waals surface area contributed by atoms with Gasteiger partial charge in [0, 0.05) is 74.2 Å². The van der Waals surface area contributed by atoms with E-state index >= 15 is 0 Å². The SMILES string of the molecule is CC[C@H]1c2cc3[nH]c4c(c5nc(cc6[nH]c(cc(n2)[C@@H]1C)/c(=C(\C)O)c6C)[C@@H](C)[C@@H]5CCC(=O)OC/C=C(\C)CCCC(C)C)[C@@H](C(=O)OC)C(O)=c4c3C. The van der Waals surface area contributed by atoms with Crippen molar-refractivity contribution in [2.75, 3.05) is 13.7 Å². The monoisotopic (exact) mass is 750 g/mol. The number of allylic oxidation sites excluding steroid dienone is 1. The summed E-state index contributed by atoms with van der Waals surface area (Å²) in [7, 11) is 1.32. The van der Waals surface area contributed by atoms with Gasteiger partial charge < -0.3 is 29.7 Å². The molecule has 0 unspecified atom stereocenters. The first-order chi connectivity index (χ1) is 26.2. The lowest BCUT2D eigenvalue weighted by molar-refractivity contribution is -0.143. The molecule has 55 heavy (non-hydrogen) atoms. The van der Waals surface area contributed by atoms with Crippen LogP contribution in [0.1, 0.15) is 156 Å². The largest absolute Gasteiger partial charge is 0.512 e. The molecule has 3 aromatic heterocycles. The van der Waals surface area contributed by atoms with Crippen molar-refractivity contribution in [3.8, 4) is 0 Å². The van der Waals surface area contributed by atoms with Crippen LogP contribution in [0.15, 0.2) is 29.8 Å². The number of ether oxygens (including phenoxy) is 2. The number of nitrogens with one attached hydrogen (secondary N) is 2. The van der Waals surface area contributed by atoms with E-state index in [-0.39, 0.29) is 54.2 Å². The van der Waals surface area contributed by atoms with Crippen LogP contribution >= 0.6 is 0 Å². The molecule has 3 aromatic rings. The van der Waals surface area contributed by atoms with Crippen LogP contribution < -0.4 is 10.4 Å². The molecule has 1 aliphatic carbocycles. The summed E-state index contributed by atoms with van der Waals surface area (Å²) in [6.07, 6.45) is 6.69. The van der Waals surface area contributed by atoms with Crippen LogP contribution in [0.3, 0.4) is 0 Å². The number of aliphatic hydroxyl groups is 2. The highest BCUT2D eigenvalue weighted by Crippen LogP contribution is 2.46. The number of H-pyrrole nitrogens is 2. The Morgan fingerprint density at radius 3 is 2.25 bits per heavy atom. The summed E-state index contributed by atoms with van der Waals surface area (Å²) >= 11 is 0. The van der Waals surface area contributed by atoms with Gasteiger partial charge in [0.15, 0.2) is 0 Å². The van der Waals surface area contributed by atoms with Crippen molar-refractivity contribution in [2.24, 2.45) is 5.92 Å². The van der Waals surface area contributed by atoms with E-state index < -0.39 is 11.9 Å². The van der Waals surface area contributed by atoms with Crippen molar-refractivity contribution in [1.29, 1.82) is 0 Å². The number of esters is 2. The predicted molar refractivity (Wildman–Crippen MR) is 217 cm³/mol. The number of rotatable bonds is 11. The molecule has 8 bridgehead atoms. The number of carbonyl (C=O) groups is 2. The van der Waals surface area contributed by atoms with Gasteiger partial charge in [-0.25, -0.2) is 0 Å². The Morgan fingerprint density at radius 2 is 1.58 bits per heavy atom. The fourth-order valence-electron chi connectivity index (χ4n) is 8.88. The van der Waals surface area contributed by atoms with Crippen LogP contribution in [-0.2, 0) is 19.1 Å². The summed E-state index contributed by atoms with van der Waals surface area (Å²) in [5, 5.41) is 24.1. The van der Waals surface area contributed by atoms with Crippen LogP contribution in [0.25, 0.3) is 33.6 Å². The summed E-state index contributed by atoms with van der Waals surface area (Å²) in [6, 6.07) is 6.10. The average molecular weight is 751 g/mol. The number of hydrogen-bond acceptors (Lipinski definition) is 8. The second-order valence-electron chi connectivity index (χ2n) is 16.3. The molecule has 6 rings (SSSR count). The standard InChI is InChI=1S/C45H58N4O6/c1-11-29-24(5)31-21-36-38(28(9)50)26(7)33(47-36)19-32-25(6)30(15-16-37(51)55-18-17-23(4)14-12-13-22(2)3)42(48-32)40-41(45(53)54-10)44(52)39-27(8)34(49-43(39)40)20-35(29)46-31/h17,19-22,24-25,29-30,41,47,49-50,52H,11-16,18H2,1-10H3/b23-17+,32-19?,35-20?,36-21?,38-28+/t24-,25+,29-,30+,41-/m1/s1. The first-order valence-corrected chi connectivity index (χ1v) is 19.9. The number of methoxy groups -OCH3 is 1. The first-order valence-electron chi connectivity index (χ1n) is 19.9. The number of aromatic amines is 2. The van der Waals surface area contributed by atoms with E-state index in [0.717, 1.165) is 75.7 Å². The normalized spacial score (nSPS) is 21.3. The summed E-state index contributed by atoms with van der Waals surface area (Å²) in [5.74, 6) is -1.36. The van der Waals surface area contributed by atoms with Crippen molar-refractivity contribution >= 4 is 45.5 Å². The third kappa shape index (κ3) is 7.57. The highest BCUT2D eigenvalue weighted by Gasteiger charge is 2.41. The Hall–Kier alpha value is -4.86. The zero-order valence-corrected chi connectivity index (χ0v) is 34.1. The molecule has 0 saturated carbocycles. The van der Waals surface area contributed by atoms with Crippen molar-refractivity contribution in [2.45, 2.75) is 130 Å². The van der Waals surface area contributed by atoms with Crippen molar-refractivity contribution in [3.63, 3.8) is 0 Å². The molecular weight excluding hydrogens is 693 g/mol. The molecule has 10 nitrogen and oxygen atoms in total. The number of fused-ring (bicyclic) bond motifs is 8. The molecule has 0 spiro atoms. The highest BCUT2D eigenvalue weighted by molar-refractivity contribution is 5.96. The summed E-state index contributed by atoms with van der Waals surface area (Å²) in [4.78, 5) is 44.3. The lowest BCUT2D eigenvalue weighted by Crippen LogP contribution is -2.18. The Balaban J connectivity index is 1.54. The molecule has 10 heteroatoms. The molecule has 0 radical (unpaired) electrons. The molecule has 0 amide bonds. The Labute approximate surface area is 323 Å². The van der Waals surface area contributed by atoms with Crippen LogP contribution in [-0.4, -0.2) is 55.8 Å². The lowest BCUT2D eigenvalue weighted by atomic mass is 9.84. The number of aromatic nitrogens is 4. The maximum Gasteiger partial charge on any atom is 0.321 e. The van der Waals surface area contributed by atoms with Crippen LogP contribution in [0.4, 0.5) is 0 Å². The summed E-state index contributed by atoms with van der Waals surface area (Å²) in [6.45, 7) is 18.8. The van der Waals surface area contributed by atoms with Gasteiger partial charge in [-0.1, -0.05) is 46.6 Å². The van der Waals surface area contributed by atoms with Gasteiger partial charge in [-0.05, 0) is 94.7 Å². The molecule has 294 valence electrons. The van der Waals surface area contributed by atoms with Gasteiger partial charge in [0.1, 0.15) is 18.3 Å². The van der Waals surface area contributed by atoms with E-state index in [1.807, 2.05) is 32.1 Å². The van der Waals surface area contributed by atoms with Gasteiger partial charge in [0.2, 0.25) is 0 Å². The Morgan fingerprint density at radius 1 is 0.927 bits per heavy atom. The van der Waals surface area contributed by atoms with Crippen LogP contribution in [0.5, 0.6) is 0 Å². The predicted octanol–water partition coefficient (Wildman–Crippen LogP) is 8.83. The molecule has 0 saturated heterocycles. The van der Waals surface area contributed by atoms with Crippen molar-refractivity contribution in [3.05, 3.63) is 79.8 Å². The fourth-order valence-corrected chi connectivity index (χ4v) is 8.88. The smallest absolute Gasteiger partial charge is 0.321 e. The van der Waals surface area contributed by atoms with Gasteiger partial charge in [0.25, 0.3) is 0 Å². The maximum atomic E-state index is 13.6. The second kappa shape index (κ2) is 16.1. The topological polar surface area (TPSA) is 150 Å². The number of carbonyl (C=O) groups excluding carboxylic acids is 2. The third-order valence-electron chi connectivity index (χ3n) is 12.2. The minimum absolute atomic E-state index is 0.0781. The fraction of sp³-hybridized carbons (Fsp3) is 0.511. The lowest BCUT2D eigenvalue weighted by Gasteiger charge is -2.19. The zero-order valence-electron chi connectivity index (χ0n) is 34.1. The van der Waals surface area contributed by atoms with Gasteiger partial charge in [0.05, 0.1) is 29.6 Å². The molecule has 5 heterocycles. The molecule has 3 aliphatic rings. The van der Waals surface area contributed by atoms with E-state index in [2.05, 4.69) is 57.6 Å². The molecule has 2 aliphatic heterocycles. The third-order valence-corrected chi connectivity index (χ3v) is 12.2. The van der Waals surface area contributed by atoms with Crippen LogP contribution in [0.2, 0.25) is 0 Å². The quantitative estimate of drug-likeness (QED) is 0.112. The van der Waals surface area contributed by atoms with Gasteiger partial charge in [-0.15, -0.1) is 0 Å². The van der Waals surface area contributed by atoms with Crippen LogP contribution in [0, 0.1) is 19.8 Å². The minimum Gasteiger partial charge on any atom is -0.512 e. The van der Waals surface area contributed by atoms with E-state index in [0.29, 0.717) is 34.3 Å². The van der Waals surface area contributed by atoms with Crippen molar-refractivity contribution < 1.29 is 29.3 Å². The number of aryl methyl sites for hydroxylation is 2. The Kier molecular flexibility index (Phi) is 11.6. The number of hydrogen-bond donors (Lipinski definition) is 4. The van der Waals surface area contributed by atoms with E-state index in [1.165, 1.54) is 12.7 Å². The molecular formula is C45H58N4O6. The zero-order chi connectivity index (χ0) is 39.9. The van der Waals surface area contributed by atoms with E-state index in [4.69, 9.17) is 19.4 Å². The van der Waals surface area contributed by atoms with Gasteiger partial charge in [-0.2, -0.15) is 0 Å². The molecule has 4 N–H and O–H groups in total. The average Bonchev–Trinajstić information content (AvgIpc) is 3.87. The number of aliphatic hydroxyl groups excluding tert-OH is 2. The minimum atomic E-state index is -1.08. The Bertz CT molecular complexity index is 2330. The van der Waals surface area contributed by atoms with Gasteiger partial charge >= 0.3 is 11.9 Å². The van der Waals surface area contributed by atoms with Gasteiger partial charge in [-0.3, -0.25) is 19.6 Å². The maximum absolute atomic E-state index is 13.6. The van der Waals surface area contributed by atoms with E-state index in [9.17, 15) is 19.8 Å². The second-order valence-corrected chi connectivity index (χ2v) is 16.3. The van der Waals surface area contributed by atoms with Crippen molar-refractivity contribution in [1.82, 2.24) is 19.9 Å². The molecule has 5 atom stereocenters. The number of nitrogens with zero attached hydrogens (tertiary/aromatic N) is 2. The molecule has 0 aromatic carbocycles. The summed E-state index contributed by atoms with van der Waals surface area (Å²) in [5.41, 5.74) is 9.65. The summed E-state index contributed by atoms with van der Waals surface area (Å²) < 4.78 is 11.0. The highest BCUT2D eigenvalue weighted by atomic mass is 16.5. The van der Waals surface area contributed by atoms with E-state index in [1.54, 1.807) is 6.92 Å². The first kappa shape index (κ1) is 39.8.